The van der Waals surface area contributed by atoms with E-state index in [4.69, 9.17) is 15.6 Å². The predicted molar refractivity (Wildman–Crippen MR) is 98.1 cm³/mol. The minimum absolute atomic E-state index is 0.255. The Morgan fingerprint density at radius 2 is 2.30 bits per heavy atom. The van der Waals surface area contributed by atoms with Crippen molar-refractivity contribution in [3.63, 3.8) is 0 Å². The van der Waals surface area contributed by atoms with Crippen molar-refractivity contribution in [3.8, 4) is 0 Å². The second-order valence-electron chi connectivity index (χ2n) is 6.12. The normalized spacial score (nSPS) is 23.6. The number of aliphatic hydroxyl groups is 2. The lowest BCUT2D eigenvalue weighted by Crippen LogP contribution is -2.30. The molecule has 27 heavy (non-hydrogen) atoms. The minimum atomic E-state index is -1.01. The van der Waals surface area contributed by atoms with Crippen molar-refractivity contribution < 1.29 is 24.9 Å². The number of carboxylic acid groups (broad SMARTS) is 1. The first-order valence-corrected chi connectivity index (χ1v) is 9.58. The average molecular weight is 398 g/mol. The highest BCUT2D eigenvalue weighted by Crippen LogP contribution is 2.31. The Kier molecular flexibility index (Phi) is 6.44. The number of aliphatic hydroxyl groups excluding tert-OH is 2. The zero-order valence-corrected chi connectivity index (χ0v) is 15.2. The van der Waals surface area contributed by atoms with Gasteiger partial charge in [0.15, 0.2) is 17.0 Å². The van der Waals surface area contributed by atoms with Crippen molar-refractivity contribution >= 4 is 34.7 Å². The number of aliphatic carboxylic acids is 1. The maximum atomic E-state index is 10.7. The topological polar surface area (TPSA) is 169 Å². The van der Waals surface area contributed by atoms with Gasteiger partial charge < -0.3 is 31.1 Å². The largest absolute Gasteiger partial charge is 0.480 e. The Hall–Kier alpha value is -1.99. The number of hydrogen-bond donors (Lipinski definition) is 5. The van der Waals surface area contributed by atoms with E-state index in [1.54, 1.807) is 10.9 Å². The molecular weight excluding hydrogens is 376 g/mol. The fourth-order valence-corrected chi connectivity index (χ4v) is 3.57. The summed E-state index contributed by atoms with van der Waals surface area (Å²) in [4.78, 5) is 23.5. The molecule has 11 nitrogen and oxygen atoms in total. The molecule has 1 aliphatic rings. The summed E-state index contributed by atoms with van der Waals surface area (Å²) in [7, 11) is 0. The van der Waals surface area contributed by atoms with Gasteiger partial charge in [-0.25, -0.2) is 15.0 Å². The van der Waals surface area contributed by atoms with Crippen LogP contribution in [0.2, 0.25) is 0 Å². The number of nitrogens with two attached hydrogens (primary N) is 1. The SMILES string of the molecule is N[C@@H](CCSCNc1ncnc2c1ncn2[C@H]1C[C@H](O)[C@@H](CO)O1)C(=O)O. The van der Waals surface area contributed by atoms with Crippen molar-refractivity contribution in [2.45, 2.75) is 37.3 Å². The number of imidazole rings is 1. The summed E-state index contributed by atoms with van der Waals surface area (Å²) in [5.74, 6) is 0.649. The van der Waals surface area contributed by atoms with E-state index in [2.05, 4.69) is 20.3 Å². The van der Waals surface area contributed by atoms with Crippen LogP contribution in [0.15, 0.2) is 12.7 Å². The van der Waals surface area contributed by atoms with E-state index in [1.165, 1.54) is 18.1 Å². The lowest BCUT2D eigenvalue weighted by Gasteiger charge is -2.13. The Bertz CT molecular complexity index is 789. The van der Waals surface area contributed by atoms with Crippen molar-refractivity contribution in [1.82, 2.24) is 19.5 Å². The van der Waals surface area contributed by atoms with E-state index in [-0.39, 0.29) is 6.61 Å². The summed E-state index contributed by atoms with van der Waals surface area (Å²) in [5, 5.41) is 31.0. The predicted octanol–water partition coefficient (Wildman–Crippen LogP) is -0.628. The molecule has 0 bridgehead atoms. The highest BCUT2D eigenvalue weighted by Gasteiger charge is 2.35. The molecule has 0 spiro atoms. The molecule has 0 aromatic carbocycles. The van der Waals surface area contributed by atoms with Gasteiger partial charge in [-0.1, -0.05) is 0 Å². The highest BCUT2D eigenvalue weighted by atomic mass is 32.2. The van der Waals surface area contributed by atoms with Crippen molar-refractivity contribution in [3.05, 3.63) is 12.7 Å². The van der Waals surface area contributed by atoms with Crippen LogP contribution >= 0.6 is 11.8 Å². The van der Waals surface area contributed by atoms with Crippen molar-refractivity contribution in [1.29, 1.82) is 0 Å². The Labute approximate surface area is 159 Å². The number of nitrogens with zero attached hydrogens (tertiary/aromatic N) is 4. The fraction of sp³-hybridized carbons (Fsp3) is 0.600. The molecule has 0 radical (unpaired) electrons. The van der Waals surface area contributed by atoms with Crippen LogP contribution < -0.4 is 11.1 Å². The summed E-state index contributed by atoms with van der Waals surface area (Å²) in [5.41, 5.74) is 6.58. The monoisotopic (exact) mass is 398 g/mol. The van der Waals surface area contributed by atoms with Crippen LogP contribution in [0.5, 0.6) is 0 Å². The Morgan fingerprint density at radius 3 is 3.00 bits per heavy atom. The molecule has 1 fully saturated rings. The number of aromatic nitrogens is 4. The van der Waals surface area contributed by atoms with Crippen LogP contribution in [0.25, 0.3) is 11.2 Å². The quantitative estimate of drug-likeness (QED) is 0.269. The van der Waals surface area contributed by atoms with Crippen LogP contribution in [0.1, 0.15) is 19.1 Å². The van der Waals surface area contributed by atoms with Gasteiger partial charge in [-0.15, -0.1) is 11.8 Å². The summed E-state index contributed by atoms with van der Waals surface area (Å²) in [6, 6.07) is -0.858. The number of thioether (sulfide) groups is 1. The first-order valence-electron chi connectivity index (χ1n) is 8.43. The first-order chi connectivity index (χ1) is 13.0. The zero-order chi connectivity index (χ0) is 19.4. The van der Waals surface area contributed by atoms with Crippen LogP contribution in [-0.4, -0.2) is 77.3 Å². The molecule has 0 unspecified atom stereocenters. The van der Waals surface area contributed by atoms with E-state index >= 15 is 0 Å². The first kappa shape index (κ1) is 19.8. The Morgan fingerprint density at radius 1 is 1.48 bits per heavy atom. The van der Waals surface area contributed by atoms with E-state index < -0.39 is 30.4 Å². The van der Waals surface area contributed by atoms with Gasteiger partial charge in [-0.2, -0.15) is 0 Å². The standard InChI is InChI=1S/C15H22N6O5S/c16-8(15(24)25)1-2-27-7-20-13-12-14(18-5-17-13)21(6-19-12)11-3-9(23)10(4-22)26-11/h5-6,8-11,22-23H,1-4,7,16H2,(H,24,25)(H,17,18,20)/t8-,9-,10+,11+/m0/s1. The number of rotatable bonds is 9. The van der Waals surface area contributed by atoms with Gasteiger partial charge in [-0.05, 0) is 12.2 Å². The number of hydrogen-bond acceptors (Lipinski definition) is 10. The maximum Gasteiger partial charge on any atom is 0.320 e. The molecule has 2 aromatic rings. The molecular formula is C15H22N6O5S. The number of nitrogens with one attached hydrogen (secondary N) is 1. The number of ether oxygens (including phenoxy) is 1. The molecule has 6 N–H and O–H groups in total. The summed E-state index contributed by atoms with van der Waals surface area (Å²) in [6.45, 7) is -0.255. The van der Waals surface area contributed by atoms with Gasteiger partial charge in [0, 0.05) is 6.42 Å². The molecule has 1 aliphatic heterocycles. The molecule has 12 heteroatoms. The van der Waals surface area contributed by atoms with Gasteiger partial charge in [0.25, 0.3) is 0 Å². The molecule has 3 heterocycles. The number of carbonyl (C=O) groups is 1. The summed E-state index contributed by atoms with van der Waals surface area (Å²) < 4.78 is 7.36. The third-order valence-electron chi connectivity index (χ3n) is 4.29. The number of carboxylic acids is 1. The van der Waals surface area contributed by atoms with Gasteiger partial charge in [-0.3, -0.25) is 9.36 Å². The molecule has 148 valence electrons. The maximum absolute atomic E-state index is 10.7. The second-order valence-corrected chi connectivity index (χ2v) is 7.23. The molecule has 1 saturated heterocycles. The van der Waals surface area contributed by atoms with Crippen LogP contribution in [0.3, 0.4) is 0 Å². The highest BCUT2D eigenvalue weighted by molar-refractivity contribution is 7.99. The van der Waals surface area contributed by atoms with Crippen LogP contribution in [-0.2, 0) is 9.53 Å². The Balaban J connectivity index is 1.61. The van der Waals surface area contributed by atoms with Gasteiger partial charge >= 0.3 is 5.97 Å². The van der Waals surface area contributed by atoms with Crippen molar-refractivity contribution in [2.75, 3.05) is 23.6 Å². The third kappa shape index (κ3) is 4.47. The number of fused-ring (bicyclic) bond motifs is 1. The molecule has 2 aromatic heterocycles. The van der Waals surface area contributed by atoms with E-state index in [1.807, 2.05) is 0 Å². The molecule has 0 saturated carbocycles. The molecule has 0 amide bonds. The number of anilines is 1. The smallest absolute Gasteiger partial charge is 0.320 e. The van der Waals surface area contributed by atoms with E-state index in [0.29, 0.717) is 41.5 Å². The van der Waals surface area contributed by atoms with Gasteiger partial charge in [0.05, 0.1) is 24.9 Å². The fourth-order valence-electron chi connectivity index (χ4n) is 2.77. The van der Waals surface area contributed by atoms with Crippen LogP contribution in [0, 0.1) is 0 Å². The summed E-state index contributed by atoms with van der Waals surface area (Å²) in [6.07, 6.45) is 1.86. The van der Waals surface area contributed by atoms with Crippen LogP contribution in [0.4, 0.5) is 5.82 Å². The molecule has 3 rings (SSSR count). The summed E-state index contributed by atoms with van der Waals surface area (Å²) >= 11 is 1.50. The molecule has 0 aliphatic carbocycles. The van der Waals surface area contributed by atoms with Gasteiger partial charge in [0.1, 0.15) is 24.7 Å². The lowest BCUT2D eigenvalue weighted by atomic mass is 10.2. The minimum Gasteiger partial charge on any atom is -0.480 e. The van der Waals surface area contributed by atoms with Gasteiger partial charge in [0.2, 0.25) is 0 Å². The average Bonchev–Trinajstić information content (AvgIpc) is 3.24. The zero-order valence-electron chi connectivity index (χ0n) is 14.4. The van der Waals surface area contributed by atoms with E-state index in [0.717, 1.165) is 0 Å². The lowest BCUT2D eigenvalue weighted by molar-refractivity contribution is -0.138. The molecule has 4 atom stereocenters. The van der Waals surface area contributed by atoms with Crippen molar-refractivity contribution in [2.24, 2.45) is 5.73 Å². The second kappa shape index (κ2) is 8.80. The third-order valence-corrected chi connectivity index (χ3v) is 5.16. The van der Waals surface area contributed by atoms with E-state index in [9.17, 15) is 15.0 Å².